The quantitative estimate of drug-likeness (QED) is 0.0989. The molecule has 15 heteroatoms. The Labute approximate surface area is 352 Å². The molecule has 0 radical (unpaired) electrons. The highest BCUT2D eigenvalue weighted by atomic mass is 35.5. The van der Waals surface area contributed by atoms with Gasteiger partial charge in [-0.05, 0) is 96.3 Å². The topological polar surface area (TPSA) is 146 Å². The van der Waals surface area contributed by atoms with Crippen molar-refractivity contribution in [2.24, 2.45) is 0 Å². The minimum Gasteiger partial charge on any atom is -0.493 e. The van der Waals surface area contributed by atoms with E-state index in [2.05, 4.69) is 49.8 Å². The van der Waals surface area contributed by atoms with E-state index in [0.717, 1.165) is 85.0 Å². The molecular formula is C46H39ClF3N5O6. The third-order valence-corrected chi connectivity index (χ3v) is 10.6. The Bertz CT molecular complexity index is 2810. The summed E-state index contributed by atoms with van der Waals surface area (Å²) >= 11 is 6.46. The number of pyridine rings is 2. The van der Waals surface area contributed by atoms with Gasteiger partial charge in [0.2, 0.25) is 5.43 Å². The van der Waals surface area contributed by atoms with Gasteiger partial charge < -0.3 is 30.2 Å². The number of carbonyl (C=O) groups is 2. The zero-order valence-corrected chi connectivity index (χ0v) is 33.7. The Kier molecular flexibility index (Phi) is 12.6. The maximum atomic E-state index is 13.3. The summed E-state index contributed by atoms with van der Waals surface area (Å²) in [6.45, 7) is 2.84. The first kappa shape index (κ1) is 42.2. The van der Waals surface area contributed by atoms with E-state index < -0.39 is 28.7 Å². The van der Waals surface area contributed by atoms with Crippen LogP contribution in [0.4, 0.5) is 30.2 Å². The van der Waals surface area contributed by atoms with E-state index in [1.807, 2.05) is 60.7 Å². The molecule has 0 bridgehead atoms. The molecule has 5 aromatic carbocycles. The number of hydrogen-bond donors (Lipinski definition) is 4. The Morgan fingerprint density at radius 3 is 2.30 bits per heavy atom. The molecule has 0 unspecified atom stereocenters. The lowest BCUT2D eigenvalue weighted by Gasteiger charge is -2.29. The van der Waals surface area contributed by atoms with Crippen molar-refractivity contribution in [3.8, 4) is 11.5 Å². The number of amides is 1. The number of para-hydroxylation sites is 2. The number of benzene rings is 5. The lowest BCUT2D eigenvalue weighted by atomic mass is 9.98. The molecule has 3 heterocycles. The van der Waals surface area contributed by atoms with Gasteiger partial charge in [-0.1, -0.05) is 54.1 Å². The van der Waals surface area contributed by atoms with Gasteiger partial charge in [0.15, 0.2) is 16.7 Å². The van der Waals surface area contributed by atoms with E-state index in [4.69, 9.17) is 26.2 Å². The van der Waals surface area contributed by atoms with Gasteiger partial charge in [-0.3, -0.25) is 14.5 Å². The number of aromatic carboxylic acids is 1. The number of anilines is 3. The second-order valence-electron chi connectivity index (χ2n) is 14.2. The minimum absolute atomic E-state index is 0.0557. The lowest BCUT2D eigenvalue weighted by Crippen LogP contribution is -2.32. The zero-order chi connectivity index (χ0) is 43.3. The predicted octanol–water partition coefficient (Wildman–Crippen LogP) is 9.75. The number of alkyl halides is 3. The molecule has 0 saturated carbocycles. The predicted molar refractivity (Wildman–Crippen MR) is 230 cm³/mol. The molecule has 0 spiro atoms. The molecule has 8 rings (SSSR count). The van der Waals surface area contributed by atoms with Crippen LogP contribution in [0.2, 0.25) is 5.15 Å². The number of carboxylic acid groups (broad SMARTS) is 1. The molecule has 11 nitrogen and oxygen atoms in total. The van der Waals surface area contributed by atoms with Crippen molar-refractivity contribution in [1.82, 2.24) is 14.9 Å². The molecule has 312 valence electrons. The number of nitrogens with one attached hydrogen (secondary N) is 3. The van der Waals surface area contributed by atoms with E-state index in [-0.39, 0.29) is 16.8 Å². The highest BCUT2D eigenvalue weighted by Gasteiger charge is 2.31. The minimum atomic E-state index is -4.52. The first-order valence-electron chi connectivity index (χ1n) is 19.0. The van der Waals surface area contributed by atoms with Gasteiger partial charge in [0.25, 0.3) is 5.91 Å². The largest absolute Gasteiger partial charge is 0.493 e. The molecule has 2 aromatic heterocycles. The highest BCUT2D eigenvalue weighted by molar-refractivity contribution is 6.32. The third-order valence-electron chi connectivity index (χ3n) is 10.3. The van der Waals surface area contributed by atoms with Crippen molar-refractivity contribution in [1.29, 1.82) is 0 Å². The molecular weight excluding hydrogens is 811 g/mol. The summed E-state index contributed by atoms with van der Waals surface area (Å²) in [4.78, 5) is 45.0. The second-order valence-corrected chi connectivity index (χ2v) is 14.5. The zero-order valence-electron chi connectivity index (χ0n) is 32.9. The molecule has 4 N–H and O–H groups in total. The van der Waals surface area contributed by atoms with E-state index in [9.17, 15) is 27.6 Å². The van der Waals surface area contributed by atoms with Crippen LogP contribution in [-0.2, 0) is 25.6 Å². The Balaban J connectivity index is 0.000000260. The fourth-order valence-electron chi connectivity index (χ4n) is 7.05. The number of rotatable bonds is 10. The number of carboxylic acids is 1. The van der Waals surface area contributed by atoms with Crippen LogP contribution in [0.5, 0.6) is 11.5 Å². The van der Waals surface area contributed by atoms with Crippen LogP contribution in [-0.4, -0.2) is 59.2 Å². The number of nitrogens with zero attached hydrogens (tertiary/aromatic N) is 2. The summed E-state index contributed by atoms with van der Waals surface area (Å²) < 4.78 is 48.3. The average Bonchev–Trinajstić information content (AvgIpc) is 3.25. The molecule has 1 aliphatic heterocycles. The van der Waals surface area contributed by atoms with Crippen molar-refractivity contribution >= 4 is 62.3 Å². The number of hydrogen-bond acceptors (Lipinski definition) is 8. The lowest BCUT2D eigenvalue weighted by molar-refractivity contribution is -0.137. The molecule has 61 heavy (non-hydrogen) atoms. The average molecular weight is 850 g/mol. The number of aromatic nitrogens is 2. The molecule has 0 fully saturated rings. The van der Waals surface area contributed by atoms with Crippen LogP contribution in [0, 0.1) is 0 Å². The summed E-state index contributed by atoms with van der Waals surface area (Å²) in [6.07, 6.45) is -1.73. The fraction of sp³-hybridized carbons (Fsp3) is 0.174. The van der Waals surface area contributed by atoms with Crippen LogP contribution in [0.3, 0.4) is 0 Å². The molecule has 1 amide bonds. The van der Waals surface area contributed by atoms with Crippen molar-refractivity contribution in [3.63, 3.8) is 0 Å². The van der Waals surface area contributed by atoms with E-state index in [0.29, 0.717) is 22.1 Å². The van der Waals surface area contributed by atoms with Gasteiger partial charge in [-0.15, -0.1) is 0 Å². The normalized spacial score (nSPS) is 12.6. The summed E-state index contributed by atoms with van der Waals surface area (Å²) in [5.74, 6) is -0.0836. The van der Waals surface area contributed by atoms with Gasteiger partial charge >= 0.3 is 12.1 Å². The third kappa shape index (κ3) is 9.77. The SMILES string of the molecule is COc1cc2c(cc1OC)CN(CCc1ccc(NC(=O)c3ccccc3Nc3cc4ccccc4nc3Cl)cc1)CC2.O=C(O)c1c[nH]c2cc(C(F)(F)F)ccc2c1=O. The summed E-state index contributed by atoms with van der Waals surface area (Å²) in [6, 6.07) is 31.8. The van der Waals surface area contributed by atoms with Crippen molar-refractivity contribution < 1.29 is 37.3 Å². The first-order chi connectivity index (χ1) is 29.3. The van der Waals surface area contributed by atoms with Gasteiger partial charge in [-0.25, -0.2) is 9.78 Å². The maximum absolute atomic E-state index is 13.3. The van der Waals surface area contributed by atoms with E-state index in [1.165, 1.54) is 16.7 Å². The Morgan fingerprint density at radius 2 is 1.57 bits per heavy atom. The van der Waals surface area contributed by atoms with Crippen molar-refractivity contribution in [2.75, 3.05) is 37.9 Å². The van der Waals surface area contributed by atoms with Crippen LogP contribution in [0.1, 0.15) is 43.0 Å². The fourth-order valence-corrected chi connectivity index (χ4v) is 7.24. The van der Waals surface area contributed by atoms with E-state index >= 15 is 0 Å². The monoisotopic (exact) mass is 849 g/mol. The van der Waals surface area contributed by atoms with Crippen LogP contribution < -0.4 is 25.5 Å². The number of fused-ring (bicyclic) bond motifs is 3. The standard InChI is InChI=1S/C35H33ClN4O3.C11H6F3NO3/c1-42-32-20-24-16-18-40(22-26(24)21-33(32)43-2)17-15-23-11-13-27(14-12-23)37-35(41)28-8-4-6-10-30(28)38-31-19-25-7-3-5-9-29(25)39-34(31)36;12-11(13,14)5-1-2-6-8(3-5)15-4-7(9(6)16)10(17)18/h3-14,19-21,38H,15-18,22H2,1-2H3,(H,37,41);1-4H,(H,15,16)(H,17,18). The number of halogens is 4. The van der Waals surface area contributed by atoms with Crippen molar-refractivity contribution in [2.45, 2.75) is 25.6 Å². The smallest absolute Gasteiger partial charge is 0.416 e. The van der Waals surface area contributed by atoms with E-state index in [1.54, 1.807) is 20.3 Å². The number of ether oxygens (including phenoxy) is 2. The molecule has 0 saturated heterocycles. The molecule has 0 aliphatic carbocycles. The number of carbonyl (C=O) groups excluding carboxylic acids is 1. The van der Waals surface area contributed by atoms with Gasteiger partial charge in [-0.2, -0.15) is 13.2 Å². The van der Waals surface area contributed by atoms with Crippen LogP contribution in [0.15, 0.2) is 120 Å². The Hall–Kier alpha value is -6.90. The highest BCUT2D eigenvalue weighted by Crippen LogP contribution is 2.34. The maximum Gasteiger partial charge on any atom is 0.416 e. The first-order valence-corrected chi connectivity index (χ1v) is 19.4. The molecule has 7 aromatic rings. The number of methoxy groups -OCH3 is 2. The van der Waals surface area contributed by atoms with Crippen molar-refractivity contribution in [3.05, 3.63) is 164 Å². The van der Waals surface area contributed by atoms with Gasteiger partial charge in [0, 0.05) is 47.8 Å². The van der Waals surface area contributed by atoms with Crippen LogP contribution >= 0.6 is 11.6 Å². The second kappa shape index (κ2) is 18.2. The van der Waals surface area contributed by atoms with Crippen LogP contribution in [0.25, 0.3) is 21.8 Å². The molecule has 1 aliphatic rings. The number of aromatic amines is 1. The number of H-pyrrole nitrogens is 1. The van der Waals surface area contributed by atoms with Gasteiger partial charge in [0.1, 0.15) is 5.56 Å². The summed E-state index contributed by atoms with van der Waals surface area (Å²) in [7, 11) is 3.35. The van der Waals surface area contributed by atoms with Gasteiger partial charge in [0.05, 0.1) is 42.2 Å². The molecule has 0 atom stereocenters. The summed E-state index contributed by atoms with van der Waals surface area (Å²) in [5, 5.41) is 16.3. The summed E-state index contributed by atoms with van der Waals surface area (Å²) in [5.41, 5.74) is 4.89. The Morgan fingerprint density at radius 1 is 0.869 bits per heavy atom.